The molecule has 88 valence electrons. The second-order valence-corrected chi connectivity index (χ2v) is 3.60. The number of nitrogens with one attached hydrogen (secondary N) is 1. The standard InChI is InChI=1S/C10H20N2O3/c1-4-7(11)8(13)12-10(5-2,6-3)9(14)15/h7H,4-6,11H2,1-3H3,(H,12,13)(H,14,15)/t7-/m1/s1. The molecule has 0 aliphatic carbocycles. The van der Waals surface area contributed by atoms with E-state index in [0.717, 1.165) is 0 Å². The lowest BCUT2D eigenvalue weighted by Crippen LogP contribution is -2.57. The maximum Gasteiger partial charge on any atom is 0.329 e. The van der Waals surface area contributed by atoms with Crippen molar-refractivity contribution in [3.05, 3.63) is 0 Å². The Bertz CT molecular complexity index is 237. The highest BCUT2D eigenvalue weighted by molar-refractivity contribution is 5.89. The number of hydrogen-bond acceptors (Lipinski definition) is 3. The summed E-state index contributed by atoms with van der Waals surface area (Å²) in [5.74, 6) is -1.41. The quantitative estimate of drug-likeness (QED) is 0.602. The first-order chi connectivity index (χ1) is 6.93. The largest absolute Gasteiger partial charge is 0.480 e. The van der Waals surface area contributed by atoms with Crippen LogP contribution < -0.4 is 11.1 Å². The Morgan fingerprint density at radius 1 is 1.33 bits per heavy atom. The van der Waals surface area contributed by atoms with E-state index in [1.54, 1.807) is 20.8 Å². The van der Waals surface area contributed by atoms with Gasteiger partial charge in [0.05, 0.1) is 6.04 Å². The fourth-order valence-electron chi connectivity index (χ4n) is 1.30. The molecule has 0 bridgehead atoms. The van der Waals surface area contributed by atoms with Gasteiger partial charge in [0.25, 0.3) is 0 Å². The molecule has 0 spiro atoms. The lowest BCUT2D eigenvalue weighted by molar-refractivity contribution is -0.148. The maximum absolute atomic E-state index is 11.5. The summed E-state index contributed by atoms with van der Waals surface area (Å²) in [4.78, 5) is 22.6. The molecular weight excluding hydrogens is 196 g/mol. The van der Waals surface area contributed by atoms with Crippen molar-refractivity contribution in [1.82, 2.24) is 5.32 Å². The third kappa shape index (κ3) is 3.20. The third-order valence-corrected chi connectivity index (χ3v) is 2.76. The number of nitrogens with two attached hydrogens (primary N) is 1. The van der Waals surface area contributed by atoms with Gasteiger partial charge >= 0.3 is 5.97 Å². The van der Waals surface area contributed by atoms with Gasteiger partial charge in [0, 0.05) is 0 Å². The van der Waals surface area contributed by atoms with Gasteiger partial charge in [-0.15, -0.1) is 0 Å². The summed E-state index contributed by atoms with van der Waals surface area (Å²) in [5.41, 5.74) is 4.35. The molecule has 0 saturated heterocycles. The van der Waals surface area contributed by atoms with Crippen LogP contribution in [-0.2, 0) is 9.59 Å². The molecule has 0 rings (SSSR count). The van der Waals surface area contributed by atoms with Gasteiger partial charge in [0.2, 0.25) is 5.91 Å². The van der Waals surface area contributed by atoms with Crippen LogP contribution in [0.2, 0.25) is 0 Å². The molecule has 0 aliphatic rings. The molecule has 15 heavy (non-hydrogen) atoms. The number of hydrogen-bond donors (Lipinski definition) is 3. The van der Waals surface area contributed by atoms with Gasteiger partial charge in [-0.25, -0.2) is 4.79 Å². The summed E-state index contributed by atoms with van der Waals surface area (Å²) in [5, 5.41) is 11.6. The van der Waals surface area contributed by atoms with Gasteiger partial charge in [-0.3, -0.25) is 4.79 Å². The lowest BCUT2D eigenvalue weighted by atomic mass is 9.92. The van der Waals surface area contributed by atoms with Gasteiger partial charge in [-0.2, -0.15) is 0 Å². The summed E-state index contributed by atoms with van der Waals surface area (Å²) >= 11 is 0. The molecule has 0 fully saturated rings. The SMILES string of the molecule is CC[C@@H](N)C(=O)NC(CC)(CC)C(=O)O. The first-order valence-electron chi connectivity index (χ1n) is 5.24. The fraction of sp³-hybridized carbons (Fsp3) is 0.800. The highest BCUT2D eigenvalue weighted by Gasteiger charge is 2.37. The van der Waals surface area contributed by atoms with E-state index in [-0.39, 0.29) is 0 Å². The van der Waals surface area contributed by atoms with E-state index in [9.17, 15) is 9.59 Å². The Balaban J connectivity index is 4.69. The monoisotopic (exact) mass is 216 g/mol. The van der Waals surface area contributed by atoms with E-state index in [1.165, 1.54) is 0 Å². The van der Waals surface area contributed by atoms with Crippen LogP contribution in [0.4, 0.5) is 0 Å². The average molecular weight is 216 g/mol. The molecule has 0 aromatic rings. The van der Waals surface area contributed by atoms with Crippen LogP contribution in [0.25, 0.3) is 0 Å². The fourth-order valence-corrected chi connectivity index (χ4v) is 1.30. The zero-order chi connectivity index (χ0) is 12.1. The predicted octanol–water partition coefficient (Wildman–Crippen LogP) is 0.483. The molecule has 0 aromatic carbocycles. The van der Waals surface area contributed by atoms with E-state index in [0.29, 0.717) is 19.3 Å². The van der Waals surface area contributed by atoms with Gasteiger partial charge in [-0.1, -0.05) is 20.8 Å². The van der Waals surface area contributed by atoms with Crippen LogP contribution in [0.1, 0.15) is 40.0 Å². The maximum atomic E-state index is 11.5. The number of carbonyl (C=O) groups is 2. The molecule has 0 saturated carbocycles. The van der Waals surface area contributed by atoms with Crippen molar-refractivity contribution in [3.63, 3.8) is 0 Å². The molecule has 0 radical (unpaired) electrons. The van der Waals surface area contributed by atoms with Crippen LogP contribution in [0, 0.1) is 0 Å². The number of carboxylic acid groups (broad SMARTS) is 1. The molecule has 5 nitrogen and oxygen atoms in total. The van der Waals surface area contributed by atoms with E-state index < -0.39 is 23.5 Å². The minimum Gasteiger partial charge on any atom is -0.480 e. The number of carboxylic acids is 1. The summed E-state index contributed by atoms with van der Waals surface area (Å²) in [6.45, 7) is 5.25. The van der Waals surface area contributed by atoms with Crippen LogP contribution in [-0.4, -0.2) is 28.6 Å². The van der Waals surface area contributed by atoms with Gasteiger partial charge < -0.3 is 16.2 Å². The van der Waals surface area contributed by atoms with Gasteiger partial charge in [-0.05, 0) is 19.3 Å². The average Bonchev–Trinajstić information content (AvgIpc) is 2.24. The normalized spacial score (nSPS) is 13.3. The minimum absolute atomic E-state index is 0.348. The first-order valence-corrected chi connectivity index (χ1v) is 5.24. The molecule has 0 aliphatic heterocycles. The van der Waals surface area contributed by atoms with Crippen LogP contribution in [0.15, 0.2) is 0 Å². The summed E-state index contributed by atoms with van der Waals surface area (Å²) in [6.07, 6.45) is 1.19. The van der Waals surface area contributed by atoms with E-state index in [1.807, 2.05) is 0 Å². The number of rotatable bonds is 6. The van der Waals surface area contributed by atoms with Crippen molar-refractivity contribution in [2.75, 3.05) is 0 Å². The zero-order valence-electron chi connectivity index (χ0n) is 9.54. The van der Waals surface area contributed by atoms with Crippen molar-refractivity contribution in [1.29, 1.82) is 0 Å². The minimum atomic E-state index is -1.18. The molecule has 0 aromatic heterocycles. The van der Waals surface area contributed by atoms with Crippen molar-refractivity contribution < 1.29 is 14.7 Å². The molecule has 0 unspecified atom stereocenters. The lowest BCUT2D eigenvalue weighted by Gasteiger charge is -2.29. The molecule has 1 amide bonds. The van der Waals surface area contributed by atoms with Crippen LogP contribution in [0.5, 0.6) is 0 Å². The molecule has 5 heteroatoms. The smallest absolute Gasteiger partial charge is 0.329 e. The Hall–Kier alpha value is -1.10. The second-order valence-electron chi connectivity index (χ2n) is 3.60. The van der Waals surface area contributed by atoms with E-state index >= 15 is 0 Å². The number of aliphatic carboxylic acids is 1. The Morgan fingerprint density at radius 3 is 2.07 bits per heavy atom. The second kappa shape index (κ2) is 5.70. The Labute approximate surface area is 90.0 Å². The Morgan fingerprint density at radius 2 is 1.80 bits per heavy atom. The Kier molecular flexibility index (Phi) is 5.28. The summed E-state index contributed by atoms with van der Waals surface area (Å²) < 4.78 is 0. The molecule has 4 N–H and O–H groups in total. The van der Waals surface area contributed by atoms with Crippen LogP contribution >= 0.6 is 0 Å². The van der Waals surface area contributed by atoms with Crippen LogP contribution in [0.3, 0.4) is 0 Å². The van der Waals surface area contributed by atoms with Crippen molar-refractivity contribution in [2.45, 2.75) is 51.6 Å². The van der Waals surface area contributed by atoms with Crippen molar-refractivity contribution >= 4 is 11.9 Å². The van der Waals surface area contributed by atoms with E-state index in [2.05, 4.69) is 5.32 Å². The third-order valence-electron chi connectivity index (χ3n) is 2.76. The predicted molar refractivity (Wildman–Crippen MR) is 57.4 cm³/mol. The summed E-state index contributed by atoms with van der Waals surface area (Å²) in [6, 6.07) is -0.637. The molecule has 0 heterocycles. The van der Waals surface area contributed by atoms with Gasteiger partial charge in [0.15, 0.2) is 0 Å². The zero-order valence-corrected chi connectivity index (χ0v) is 9.54. The van der Waals surface area contributed by atoms with E-state index in [4.69, 9.17) is 10.8 Å². The molecular formula is C10H20N2O3. The summed E-state index contributed by atoms with van der Waals surface area (Å²) in [7, 11) is 0. The molecule has 1 atom stereocenters. The first kappa shape index (κ1) is 13.9. The highest BCUT2D eigenvalue weighted by Crippen LogP contribution is 2.15. The number of carbonyl (C=O) groups excluding carboxylic acids is 1. The van der Waals surface area contributed by atoms with Crippen molar-refractivity contribution in [2.24, 2.45) is 5.73 Å². The van der Waals surface area contributed by atoms with Crippen molar-refractivity contribution in [3.8, 4) is 0 Å². The van der Waals surface area contributed by atoms with Gasteiger partial charge in [0.1, 0.15) is 5.54 Å². The highest BCUT2D eigenvalue weighted by atomic mass is 16.4. The topological polar surface area (TPSA) is 92.4 Å². The number of amides is 1.